The number of carbonyl (C=O) groups is 2. The van der Waals surface area contributed by atoms with Gasteiger partial charge in [0.1, 0.15) is 5.69 Å². The van der Waals surface area contributed by atoms with Gasteiger partial charge in [0.05, 0.1) is 23.0 Å². The summed E-state index contributed by atoms with van der Waals surface area (Å²) in [6.45, 7) is 3.88. The second-order valence-electron chi connectivity index (χ2n) is 5.40. The Kier molecular flexibility index (Phi) is 4.41. The molecule has 7 nitrogen and oxygen atoms in total. The van der Waals surface area contributed by atoms with Crippen molar-refractivity contribution in [2.24, 2.45) is 0 Å². The third-order valence-corrected chi connectivity index (χ3v) is 3.91. The van der Waals surface area contributed by atoms with Crippen LogP contribution < -0.4 is 5.32 Å². The first-order valence-corrected chi connectivity index (χ1v) is 7.96. The van der Waals surface area contributed by atoms with Gasteiger partial charge < -0.3 is 10.4 Å². The van der Waals surface area contributed by atoms with Crippen molar-refractivity contribution in [1.82, 2.24) is 19.9 Å². The summed E-state index contributed by atoms with van der Waals surface area (Å²) in [7, 11) is 0. The lowest BCUT2D eigenvalue weighted by Gasteiger charge is -2.06. The van der Waals surface area contributed by atoms with Crippen LogP contribution in [0.3, 0.4) is 0 Å². The van der Waals surface area contributed by atoms with Gasteiger partial charge in [0.2, 0.25) is 11.7 Å². The third-order valence-electron chi connectivity index (χ3n) is 3.68. The number of fused-ring (bicyclic) bond motifs is 1. The second kappa shape index (κ2) is 6.52. The van der Waals surface area contributed by atoms with Crippen LogP contribution >= 0.6 is 11.6 Å². The van der Waals surface area contributed by atoms with Crippen molar-refractivity contribution in [1.29, 1.82) is 0 Å². The first-order valence-electron chi connectivity index (χ1n) is 7.58. The molecule has 0 bridgehead atoms. The maximum absolute atomic E-state index is 12.8. The molecule has 1 aromatic carbocycles. The van der Waals surface area contributed by atoms with Crippen LogP contribution in [-0.2, 0) is 0 Å². The van der Waals surface area contributed by atoms with E-state index < -0.39 is 17.7 Å². The quantitative estimate of drug-likeness (QED) is 0.701. The Morgan fingerprint density at radius 3 is 2.68 bits per heavy atom. The Bertz CT molecular complexity index is 980. The lowest BCUT2D eigenvalue weighted by Crippen LogP contribution is -2.27. The number of nitrogens with one attached hydrogen (secondary N) is 1. The highest BCUT2D eigenvalue weighted by Crippen LogP contribution is 2.34. The molecule has 0 unspecified atom stereocenters. The summed E-state index contributed by atoms with van der Waals surface area (Å²) in [6, 6.07) is 4.14. The lowest BCUT2D eigenvalue weighted by molar-refractivity contribution is 0.103. The molecule has 1 amide bonds. The van der Waals surface area contributed by atoms with Crippen molar-refractivity contribution >= 4 is 34.3 Å². The minimum absolute atomic E-state index is 0.0399. The van der Waals surface area contributed by atoms with E-state index >= 15 is 0 Å². The molecule has 3 aromatic rings. The molecule has 0 fully saturated rings. The minimum atomic E-state index is -0.541. The normalized spacial score (nSPS) is 10.8. The first kappa shape index (κ1) is 16.9. The Hall–Kier alpha value is -2.93. The van der Waals surface area contributed by atoms with E-state index in [0.29, 0.717) is 28.2 Å². The molecule has 0 saturated carbocycles. The number of carbonyl (C=O) groups excluding carboxylic acids is 2. The van der Waals surface area contributed by atoms with Gasteiger partial charge in [-0.15, -0.1) is 0 Å². The molecule has 128 valence electrons. The van der Waals surface area contributed by atoms with Crippen LogP contribution in [0.4, 0.5) is 4.79 Å². The summed E-state index contributed by atoms with van der Waals surface area (Å²) in [6.07, 6.45) is 2.79. The second-order valence-corrected chi connectivity index (χ2v) is 5.84. The Balaban J connectivity index is 2.25. The van der Waals surface area contributed by atoms with Gasteiger partial charge >= 0.3 is 6.03 Å². The topological polar surface area (TPSA) is 97.1 Å². The zero-order chi connectivity index (χ0) is 18.1. The van der Waals surface area contributed by atoms with E-state index in [2.05, 4.69) is 15.3 Å². The van der Waals surface area contributed by atoms with Gasteiger partial charge in [-0.2, -0.15) is 0 Å². The SMILES string of the molecule is CCNC(=O)n1c(O)c(C(=O)c2cnc(C)cn2)c2cc(Cl)ccc21. The monoisotopic (exact) mass is 358 g/mol. The number of benzene rings is 1. The number of amides is 1. The van der Waals surface area contributed by atoms with Gasteiger partial charge in [0.25, 0.3) is 0 Å². The van der Waals surface area contributed by atoms with E-state index in [1.54, 1.807) is 26.0 Å². The first-order chi connectivity index (χ1) is 11.9. The number of halogens is 1. The maximum atomic E-state index is 12.8. The Morgan fingerprint density at radius 1 is 1.28 bits per heavy atom. The molecule has 0 atom stereocenters. The number of aromatic nitrogens is 3. The van der Waals surface area contributed by atoms with Crippen molar-refractivity contribution in [2.75, 3.05) is 6.54 Å². The molecule has 0 saturated heterocycles. The standard InChI is InChI=1S/C17H15ClN4O3/c1-3-19-17(25)22-13-5-4-10(18)6-11(13)14(16(22)24)15(23)12-8-20-9(2)7-21-12/h4-8,24H,3H2,1-2H3,(H,19,25). The minimum Gasteiger partial charge on any atom is -0.494 e. The highest BCUT2D eigenvalue weighted by Gasteiger charge is 2.27. The fourth-order valence-electron chi connectivity index (χ4n) is 2.55. The van der Waals surface area contributed by atoms with Gasteiger partial charge in [0.15, 0.2) is 0 Å². The van der Waals surface area contributed by atoms with Gasteiger partial charge in [-0.25, -0.2) is 14.3 Å². The Morgan fingerprint density at radius 2 is 2.04 bits per heavy atom. The fraction of sp³-hybridized carbons (Fsp3) is 0.176. The molecule has 2 heterocycles. The molecule has 0 spiro atoms. The number of hydrogen-bond acceptors (Lipinski definition) is 5. The van der Waals surface area contributed by atoms with Crippen molar-refractivity contribution in [3.05, 3.63) is 52.6 Å². The summed E-state index contributed by atoms with van der Waals surface area (Å²) >= 11 is 6.03. The highest BCUT2D eigenvalue weighted by molar-refractivity contribution is 6.32. The average Bonchev–Trinajstić information content (AvgIpc) is 2.86. The largest absolute Gasteiger partial charge is 0.494 e. The predicted octanol–water partition coefficient (Wildman–Crippen LogP) is 2.91. The van der Waals surface area contributed by atoms with E-state index in [1.807, 2.05) is 0 Å². The number of hydrogen-bond donors (Lipinski definition) is 2. The smallest absolute Gasteiger partial charge is 0.328 e. The molecular formula is C17H15ClN4O3. The zero-order valence-electron chi connectivity index (χ0n) is 13.6. The summed E-state index contributed by atoms with van der Waals surface area (Å²) in [5.41, 5.74) is 1.06. The summed E-state index contributed by atoms with van der Waals surface area (Å²) in [5, 5.41) is 13.9. The van der Waals surface area contributed by atoms with Gasteiger partial charge in [-0.1, -0.05) is 11.6 Å². The van der Waals surface area contributed by atoms with Crippen LogP contribution in [0.1, 0.15) is 28.7 Å². The summed E-state index contributed by atoms with van der Waals surface area (Å²) in [4.78, 5) is 33.2. The van der Waals surface area contributed by atoms with Crippen LogP contribution in [0.2, 0.25) is 5.02 Å². The molecule has 25 heavy (non-hydrogen) atoms. The third kappa shape index (κ3) is 2.94. The molecule has 0 aliphatic heterocycles. The van der Waals surface area contributed by atoms with E-state index in [1.165, 1.54) is 18.5 Å². The van der Waals surface area contributed by atoms with Crippen LogP contribution in [0, 0.1) is 6.92 Å². The molecule has 2 aromatic heterocycles. The average molecular weight is 359 g/mol. The molecule has 8 heteroatoms. The molecular weight excluding hydrogens is 344 g/mol. The van der Waals surface area contributed by atoms with Crippen molar-refractivity contribution < 1.29 is 14.7 Å². The molecule has 3 rings (SSSR count). The van der Waals surface area contributed by atoms with Crippen molar-refractivity contribution in [2.45, 2.75) is 13.8 Å². The van der Waals surface area contributed by atoms with E-state index in [4.69, 9.17) is 11.6 Å². The predicted molar refractivity (Wildman–Crippen MR) is 93.3 cm³/mol. The molecule has 0 aliphatic rings. The van der Waals surface area contributed by atoms with Crippen LogP contribution in [-0.4, -0.2) is 38.0 Å². The number of ketones is 1. The maximum Gasteiger partial charge on any atom is 0.328 e. The van der Waals surface area contributed by atoms with E-state index in [-0.39, 0.29) is 11.3 Å². The number of nitrogens with zero attached hydrogens (tertiary/aromatic N) is 3. The lowest BCUT2D eigenvalue weighted by atomic mass is 10.1. The summed E-state index contributed by atoms with van der Waals surface area (Å²) < 4.78 is 1.05. The van der Waals surface area contributed by atoms with Crippen molar-refractivity contribution in [3.8, 4) is 5.88 Å². The van der Waals surface area contributed by atoms with E-state index in [9.17, 15) is 14.7 Å². The van der Waals surface area contributed by atoms with Crippen LogP contribution in [0.25, 0.3) is 10.9 Å². The highest BCUT2D eigenvalue weighted by atomic mass is 35.5. The molecule has 0 radical (unpaired) electrons. The number of aryl methyl sites for hydroxylation is 1. The van der Waals surface area contributed by atoms with Crippen molar-refractivity contribution in [3.63, 3.8) is 0 Å². The van der Waals surface area contributed by atoms with Crippen LogP contribution in [0.15, 0.2) is 30.6 Å². The van der Waals surface area contributed by atoms with Gasteiger partial charge in [-0.3, -0.25) is 9.78 Å². The number of rotatable bonds is 3. The summed E-state index contributed by atoms with van der Waals surface area (Å²) in [5.74, 6) is -1.00. The molecule has 2 N–H and O–H groups in total. The van der Waals surface area contributed by atoms with Gasteiger partial charge in [-0.05, 0) is 32.0 Å². The van der Waals surface area contributed by atoms with Crippen LogP contribution in [0.5, 0.6) is 5.88 Å². The fourth-order valence-corrected chi connectivity index (χ4v) is 2.72. The van der Waals surface area contributed by atoms with E-state index in [0.717, 1.165) is 4.57 Å². The molecule has 0 aliphatic carbocycles. The number of aromatic hydroxyl groups is 1. The Labute approximate surface area is 148 Å². The van der Waals surface area contributed by atoms with Gasteiger partial charge in [0, 0.05) is 23.2 Å². The zero-order valence-corrected chi connectivity index (χ0v) is 14.3.